The molecule has 0 spiro atoms. The zero-order chi connectivity index (χ0) is 21.5. The van der Waals surface area contributed by atoms with E-state index < -0.39 is 11.4 Å². The van der Waals surface area contributed by atoms with Gasteiger partial charge in [-0.2, -0.15) is 0 Å². The van der Waals surface area contributed by atoms with Gasteiger partial charge in [-0.15, -0.1) is 0 Å². The smallest absolute Gasteiger partial charge is 0.185 e. The number of H-pyrrole nitrogens is 1. The van der Waals surface area contributed by atoms with Crippen LogP contribution < -0.4 is 10.9 Å². The van der Waals surface area contributed by atoms with E-state index in [9.17, 15) is 9.50 Å². The summed E-state index contributed by atoms with van der Waals surface area (Å²) in [4.78, 5) is 18.0. The van der Waals surface area contributed by atoms with Crippen LogP contribution in [-0.2, 0) is 0 Å². The molecular formula is C20H25ClFN7O. The third-order valence-electron chi connectivity index (χ3n) is 5.19. The minimum Gasteiger partial charge on any atom is -0.389 e. The van der Waals surface area contributed by atoms with Gasteiger partial charge in [0.05, 0.1) is 22.9 Å². The van der Waals surface area contributed by atoms with E-state index in [2.05, 4.69) is 24.8 Å². The predicted molar refractivity (Wildman–Crippen MR) is 115 cm³/mol. The second-order valence-electron chi connectivity index (χ2n) is 8.37. The third kappa shape index (κ3) is 4.39. The number of β-amino-alcohol motifs (C(OH)–C–C–N with tert-alkyl or cyclic N) is 1. The third-order valence-corrected chi connectivity index (χ3v) is 5.40. The number of piperidine rings is 1. The number of likely N-dealkylation sites (tertiary alicyclic amines) is 1. The van der Waals surface area contributed by atoms with Gasteiger partial charge >= 0.3 is 0 Å². The average Bonchev–Trinajstić information content (AvgIpc) is 3.10. The summed E-state index contributed by atoms with van der Waals surface area (Å²) in [6.07, 6.45) is 6.11. The highest BCUT2D eigenvalue weighted by Gasteiger charge is 2.29. The first-order valence-electron chi connectivity index (χ1n) is 9.85. The Kier molecular flexibility index (Phi) is 5.63. The number of aliphatic hydroxyl groups is 1. The van der Waals surface area contributed by atoms with Crippen molar-refractivity contribution >= 4 is 28.5 Å². The molecule has 1 fully saturated rings. The number of nitrogens with two attached hydrogens (primary N) is 1. The maximum absolute atomic E-state index is 14.6. The van der Waals surface area contributed by atoms with Crippen LogP contribution in [0.2, 0.25) is 5.02 Å². The Hall–Kier alpha value is -2.33. The van der Waals surface area contributed by atoms with Crippen molar-refractivity contribution in [3.8, 4) is 11.4 Å². The second-order valence-corrected chi connectivity index (χ2v) is 8.80. The molecule has 1 atom stereocenters. The molecule has 0 amide bonds. The molecule has 1 aliphatic heterocycles. The molecule has 0 bridgehead atoms. The number of pyridine rings is 1. The molecule has 0 unspecified atom stereocenters. The first kappa shape index (κ1) is 20.9. The summed E-state index contributed by atoms with van der Waals surface area (Å²) in [6.45, 7) is 5.56. The molecule has 0 aromatic carbocycles. The maximum atomic E-state index is 14.6. The fourth-order valence-corrected chi connectivity index (χ4v) is 4.11. The monoisotopic (exact) mass is 433 g/mol. The summed E-state index contributed by atoms with van der Waals surface area (Å²) >= 11 is 6.08. The number of hydrazine groups is 1. The van der Waals surface area contributed by atoms with E-state index in [0.717, 1.165) is 31.0 Å². The van der Waals surface area contributed by atoms with Crippen LogP contribution in [-0.4, -0.2) is 61.2 Å². The van der Waals surface area contributed by atoms with Crippen molar-refractivity contribution < 1.29 is 9.50 Å². The molecule has 3 aromatic rings. The normalized spacial score (nSPS) is 18.1. The number of aromatic amines is 1. The molecule has 10 heteroatoms. The fourth-order valence-electron chi connectivity index (χ4n) is 3.95. The van der Waals surface area contributed by atoms with Gasteiger partial charge in [0.2, 0.25) is 0 Å². The SMILES string of the molecule is CC(C)(O)CN1CCC[C@H](N(N)c2nc(-c3c[nH]c4ncc(Cl)cc34)ncc2F)C1. The maximum Gasteiger partial charge on any atom is 0.185 e. The zero-order valence-corrected chi connectivity index (χ0v) is 17.7. The van der Waals surface area contributed by atoms with Crippen LogP contribution in [0.4, 0.5) is 10.2 Å². The molecule has 4 rings (SSSR count). The van der Waals surface area contributed by atoms with Gasteiger partial charge in [-0.25, -0.2) is 25.2 Å². The molecule has 30 heavy (non-hydrogen) atoms. The van der Waals surface area contributed by atoms with Crippen molar-refractivity contribution in [1.82, 2.24) is 24.8 Å². The highest BCUT2D eigenvalue weighted by molar-refractivity contribution is 6.31. The predicted octanol–water partition coefficient (Wildman–Crippen LogP) is 2.73. The highest BCUT2D eigenvalue weighted by atomic mass is 35.5. The van der Waals surface area contributed by atoms with Gasteiger partial charge in [0.1, 0.15) is 5.65 Å². The Bertz CT molecular complexity index is 1050. The molecule has 0 radical (unpaired) electrons. The molecule has 1 saturated heterocycles. The average molecular weight is 434 g/mol. The Morgan fingerprint density at radius 2 is 2.20 bits per heavy atom. The Morgan fingerprint density at radius 1 is 1.40 bits per heavy atom. The van der Waals surface area contributed by atoms with Crippen LogP contribution in [0, 0.1) is 5.82 Å². The number of nitrogens with one attached hydrogen (secondary N) is 1. The largest absolute Gasteiger partial charge is 0.389 e. The van der Waals surface area contributed by atoms with Crippen LogP contribution in [0.1, 0.15) is 26.7 Å². The number of anilines is 1. The van der Waals surface area contributed by atoms with Crippen molar-refractivity contribution in [2.24, 2.45) is 5.84 Å². The van der Waals surface area contributed by atoms with E-state index in [1.54, 1.807) is 32.3 Å². The summed E-state index contributed by atoms with van der Waals surface area (Å²) in [6, 6.07) is 1.63. The summed E-state index contributed by atoms with van der Waals surface area (Å²) in [7, 11) is 0. The Balaban J connectivity index is 1.62. The minimum absolute atomic E-state index is 0.0412. The van der Waals surface area contributed by atoms with Crippen molar-refractivity contribution in [1.29, 1.82) is 0 Å². The lowest BCUT2D eigenvalue weighted by Gasteiger charge is -2.39. The van der Waals surface area contributed by atoms with Crippen molar-refractivity contribution in [3.05, 3.63) is 35.5 Å². The lowest BCUT2D eigenvalue weighted by Crippen LogP contribution is -2.54. The topological polar surface area (TPSA) is 107 Å². The Morgan fingerprint density at radius 3 is 2.97 bits per heavy atom. The minimum atomic E-state index is -0.806. The fraction of sp³-hybridized carbons (Fsp3) is 0.450. The first-order chi connectivity index (χ1) is 14.2. The van der Waals surface area contributed by atoms with Gasteiger partial charge in [0.15, 0.2) is 17.5 Å². The van der Waals surface area contributed by atoms with E-state index in [0.29, 0.717) is 35.1 Å². The number of hydrogen-bond acceptors (Lipinski definition) is 7. The van der Waals surface area contributed by atoms with E-state index >= 15 is 0 Å². The molecule has 160 valence electrons. The van der Waals surface area contributed by atoms with Crippen molar-refractivity contribution in [3.63, 3.8) is 0 Å². The number of hydrogen-bond donors (Lipinski definition) is 3. The molecule has 0 aliphatic carbocycles. The van der Waals surface area contributed by atoms with Gasteiger partial charge in [0.25, 0.3) is 0 Å². The number of fused-ring (bicyclic) bond motifs is 1. The summed E-state index contributed by atoms with van der Waals surface area (Å²) in [5.41, 5.74) is 0.504. The lowest BCUT2D eigenvalue weighted by atomic mass is 10.0. The van der Waals surface area contributed by atoms with E-state index in [-0.39, 0.29) is 11.9 Å². The van der Waals surface area contributed by atoms with Crippen LogP contribution in [0.5, 0.6) is 0 Å². The second kappa shape index (κ2) is 8.07. The van der Waals surface area contributed by atoms with Gasteiger partial charge < -0.3 is 10.1 Å². The van der Waals surface area contributed by atoms with E-state index in [1.165, 1.54) is 5.01 Å². The van der Waals surface area contributed by atoms with Crippen LogP contribution in [0.15, 0.2) is 24.7 Å². The molecule has 3 aromatic heterocycles. The van der Waals surface area contributed by atoms with E-state index in [1.807, 2.05) is 0 Å². The number of halogens is 2. The van der Waals surface area contributed by atoms with Gasteiger partial charge in [-0.3, -0.25) is 9.91 Å². The van der Waals surface area contributed by atoms with E-state index in [4.69, 9.17) is 17.4 Å². The summed E-state index contributed by atoms with van der Waals surface area (Å²) in [5, 5.41) is 12.7. The molecular weight excluding hydrogens is 409 g/mol. The number of aromatic nitrogens is 4. The Labute approximate surface area is 178 Å². The number of rotatable bonds is 5. The van der Waals surface area contributed by atoms with Crippen LogP contribution in [0.3, 0.4) is 0 Å². The quantitative estimate of drug-likeness (QED) is 0.419. The van der Waals surface area contributed by atoms with Gasteiger partial charge in [-0.1, -0.05) is 11.6 Å². The summed E-state index contributed by atoms with van der Waals surface area (Å²) in [5.74, 6) is 6.12. The van der Waals surface area contributed by atoms with Crippen molar-refractivity contribution in [2.45, 2.75) is 38.3 Å². The highest BCUT2D eigenvalue weighted by Crippen LogP contribution is 2.29. The first-order valence-corrected chi connectivity index (χ1v) is 10.2. The lowest BCUT2D eigenvalue weighted by molar-refractivity contribution is 0.0270. The summed E-state index contributed by atoms with van der Waals surface area (Å²) < 4.78 is 14.6. The molecule has 1 aliphatic rings. The number of nitrogens with zero attached hydrogens (tertiary/aromatic N) is 5. The molecule has 0 saturated carbocycles. The molecule has 4 heterocycles. The zero-order valence-electron chi connectivity index (χ0n) is 16.9. The van der Waals surface area contributed by atoms with Gasteiger partial charge in [0, 0.05) is 36.4 Å². The molecule has 8 nitrogen and oxygen atoms in total. The molecule has 4 N–H and O–H groups in total. The van der Waals surface area contributed by atoms with Gasteiger partial charge in [-0.05, 0) is 39.3 Å². The van der Waals surface area contributed by atoms with Crippen molar-refractivity contribution in [2.75, 3.05) is 24.6 Å². The standard InChI is InChI=1S/C20H25ClFN7O/c1-20(2,30)11-28-5-3-4-13(10-28)29(23)19-16(22)9-26-18(27-19)15-8-25-17-14(15)6-12(21)7-24-17/h6-9,13,30H,3-5,10-11,23H2,1-2H3,(H,24,25)/t13-/m0/s1. The van der Waals surface area contributed by atoms with Crippen LogP contribution in [0.25, 0.3) is 22.4 Å². The van der Waals surface area contributed by atoms with Crippen LogP contribution >= 0.6 is 11.6 Å².